The third-order valence-corrected chi connectivity index (χ3v) is 4.27. The Kier molecular flexibility index (Phi) is 4.72. The Bertz CT molecular complexity index is 490. The molecule has 1 aromatic heterocycles. The van der Waals surface area contributed by atoms with Crippen molar-refractivity contribution in [3.05, 3.63) is 58.0 Å². The summed E-state index contributed by atoms with van der Waals surface area (Å²) < 4.78 is 12.9. The molecule has 19 heavy (non-hydrogen) atoms. The monoisotopic (exact) mass is 277 g/mol. The van der Waals surface area contributed by atoms with E-state index >= 15 is 0 Å². The largest absolute Gasteiger partial charge is 0.302 e. The zero-order valence-electron chi connectivity index (χ0n) is 11.6. The van der Waals surface area contributed by atoms with Crippen LogP contribution in [0.4, 0.5) is 4.39 Å². The lowest BCUT2D eigenvalue weighted by Gasteiger charge is -2.26. The van der Waals surface area contributed by atoms with Crippen molar-refractivity contribution in [3.8, 4) is 0 Å². The van der Waals surface area contributed by atoms with Gasteiger partial charge in [-0.05, 0) is 42.0 Å². The highest BCUT2D eigenvalue weighted by atomic mass is 32.1. The third kappa shape index (κ3) is 3.64. The summed E-state index contributed by atoms with van der Waals surface area (Å²) in [5.41, 5.74) is 1.11. The quantitative estimate of drug-likeness (QED) is 0.816. The third-order valence-electron chi connectivity index (χ3n) is 3.32. The van der Waals surface area contributed by atoms with Crippen molar-refractivity contribution < 1.29 is 4.39 Å². The maximum Gasteiger partial charge on any atom is 0.123 e. The van der Waals surface area contributed by atoms with Gasteiger partial charge in [0, 0.05) is 17.0 Å². The number of hydrogen-bond acceptors (Lipinski definition) is 2. The number of hydrogen-bond donors (Lipinski definition) is 1. The van der Waals surface area contributed by atoms with E-state index in [1.807, 2.05) is 12.1 Å². The molecule has 0 fully saturated rings. The second kappa shape index (κ2) is 6.31. The fourth-order valence-electron chi connectivity index (χ4n) is 2.19. The van der Waals surface area contributed by atoms with Crippen molar-refractivity contribution in [1.29, 1.82) is 0 Å². The van der Waals surface area contributed by atoms with Gasteiger partial charge in [0.15, 0.2) is 0 Å². The van der Waals surface area contributed by atoms with E-state index in [1.165, 1.54) is 17.0 Å². The Balaban J connectivity index is 2.11. The zero-order chi connectivity index (χ0) is 13.8. The van der Waals surface area contributed by atoms with Gasteiger partial charge in [-0.2, -0.15) is 0 Å². The molecular weight excluding hydrogens is 257 g/mol. The average molecular weight is 277 g/mol. The maximum absolute atomic E-state index is 12.9. The highest BCUT2D eigenvalue weighted by molar-refractivity contribution is 7.10. The standard InChI is InChI=1S/C16H20FNS/c1-11(2)16(15-5-4-10-19-15)18-12(3)13-6-8-14(17)9-7-13/h4-12,16,18H,1-3H3. The van der Waals surface area contributed by atoms with Gasteiger partial charge in [0.25, 0.3) is 0 Å². The minimum Gasteiger partial charge on any atom is -0.302 e. The van der Waals surface area contributed by atoms with Crippen LogP contribution in [0.15, 0.2) is 41.8 Å². The molecule has 0 radical (unpaired) electrons. The summed E-state index contributed by atoms with van der Waals surface area (Å²) in [5.74, 6) is 0.330. The van der Waals surface area contributed by atoms with Crippen molar-refractivity contribution in [2.75, 3.05) is 0 Å². The van der Waals surface area contributed by atoms with Crippen LogP contribution in [0, 0.1) is 11.7 Å². The first-order chi connectivity index (χ1) is 9.08. The highest BCUT2D eigenvalue weighted by Gasteiger charge is 2.19. The van der Waals surface area contributed by atoms with Crippen LogP contribution >= 0.6 is 11.3 Å². The Hall–Kier alpha value is -1.19. The van der Waals surface area contributed by atoms with Gasteiger partial charge in [0.2, 0.25) is 0 Å². The molecule has 0 aliphatic rings. The van der Waals surface area contributed by atoms with E-state index in [2.05, 4.69) is 43.6 Å². The number of benzene rings is 1. The predicted molar refractivity (Wildman–Crippen MR) is 79.8 cm³/mol. The summed E-state index contributed by atoms with van der Waals surface area (Å²) in [4.78, 5) is 1.35. The molecule has 1 aromatic carbocycles. The molecule has 0 saturated heterocycles. The Labute approximate surface area is 118 Å². The first-order valence-corrected chi connectivity index (χ1v) is 7.51. The number of nitrogens with one attached hydrogen (secondary N) is 1. The Morgan fingerprint density at radius 2 is 1.74 bits per heavy atom. The van der Waals surface area contributed by atoms with Crippen molar-refractivity contribution in [2.45, 2.75) is 32.9 Å². The van der Waals surface area contributed by atoms with Gasteiger partial charge in [-0.3, -0.25) is 0 Å². The van der Waals surface area contributed by atoms with Crippen molar-refractivity contribution in [2.24, 2.45) is 5.92 Å². The molecule has 2 aromatic rings. The van der Waals surface area contributed by atoms with Gasteiger partial charge in [0.05, 0.1) is 0 Å². The summed E-state index contributed by atoms with van der Waals surface area (Å²) in [6.45, 7) is 6.56. The lowest BCUT2D eigenvalue weighted by molar-refractivity contribution is 0.379. The van der Waals surface area contributed by atoms with Crippen LogP contribution in [0.2, 0.25) is 0 Å². The van der Waals surface area contributed by atoms with Crippen LogP contribution in [0.1, 0.15) is 43.3 Å². The van der Waals surface area contributed by atoms with Crippen molar-refractivity contribution >= 4 is 11.3 Å². The number of thiophene rings is 1. The fraction of sp³-hybridized carbons (Fsp3) is 0.375. The summed E-state index contributed by atoms with van der Waals surface area (Å²) in [7, 11) is 0. The molecule has 2 atom stereocenters. The number of halogens is 1. The summed E-state index contributed by atoms with van der Waals surface area (Å²) in [6.07, 6.45) is 0. The fourth-order valence-corrected chi connectivity index (χ4v) is 3.15. The van der Waals surface area contributed by atoms with Crippen LogP contribution in [0.5, 0.6) is 0 Å². The van der Waals surface area contributed by atoms with Crippen LogP contribution in [0.25, 0.3) is 0 Å². The molecule has 2 rings (SSSR count). The van der Waals surface area contributed by atoms with Crippen molar-refractivity contribution in [1.82, 2.24) is 5.32 Å². The second-order valence-corrected chi connectivity index (χ2v) is 6.16. The van der Waals surface area contributed by atoms with E-state index in [1.54, 1.807) is 11.3 Å². The predicted octanol–water partition coefficient (Wildman–Crippen LogP) is 4.94. The molecule has 0 saturated carbocycles. The van der Waals surface area contributed by atoms with Gasteiger partial charge >= 0.3 is 0 Å². The summed E-state index contributed by atoms with van der Waals surface area (Å²) >= 11 is 1.78. The molecule has 1 N–H and O–H groups in total. The zero-order valence-corrected chi connectivity index (χ0v) is 12.4. The van der Waals surface area contributed by atoms with Crippen LogP contribution in [-0.2, 0) is 0 Å². The lowest BCUT2D eigenvalue weighted by Crippen LogP contribution is -2.27. The van der Waals surface area contributed by atoms with Crippen LogP contribution < -0.4 is 5.32 Å². The average Bonchev–Trinajstić information content (AvgIpc) is 2.89. The van der Waals surface area contributed by atoms with E-state index in [0.717, 1.165) is 5.56 Å². The Morgan fingerprint density at radius 1 is 1.05 bits per heavy atom. The normalized spacial score (nSPS) is 14.6. The molecule has 3 heteroatoms. The molecule has 102 valence electrons. The highest BCUT2D eigenvalue weighted by Crippen LogP contribution is 2.28. The first kappa shape index (κ1) is 14.2. The van der Waals surface area contributed by atoms with Gasteiger partial charge in [-0.25, -0.2) is 4.39 Å². The van der Waals surface area contributed by atoms with E-state index in [0.29, 0.717) is 12.0 Å². The SMILES string of the molecule is CC(NC(c1cccs1)C(C)C)c1ccc(F)cc1. The number of rotatable bonds is 5. The van der Waals surface area contributed by atoms with Gasteiger partial charge in [-0.15, -0.1) is 11.3 Å². The summed E-state index contributed by atoms with van der Waals surface area (Å²) in [6, 6.07) is 11.5. The van der Waals surface area contributed by atoms with E-state index in [4.69, 9.17) is 0 Å². The van der Waals surface area contributed by atoms with Crippen molar-refractivity contribution in [3.63, 3.8) is 0 Å². The van der Waals surface area contributed by atoms with Gasteiger partial charge in [0.1, 0.15) is 5.82 Å². The Morgan fingerprint density at radius 3 is 2.26 bits per heavy atom. The molecule has 0 bridgehead atoms. The molecule has 1 heterocycles. The van der Waals surface area contributed by atoms with Gasteiger partial charge in [-0.1, -0.05) is 32.0 Å². The summed E-state index contributed by atoms with van der Waals surface area (Å²) in [5, 5.41) is 5.75. The van der Waals surface area contributed by atoms with E-state index in [-0.39, 0.29) is 11.9 Å². The van der Waals surface area contributed by atoms with E-state index < -0.39 is 0 Å². The smallest absolute Gasteiger partial charge is 0.123 e. The van der Waals surface area contributed by atoms with Gasteiger partial charge < -0.3 is 5.32 Å². The molecular formula is C16H20FNS. The van der Waals surface area contributed by atoms with E-state index in [9.17, 15) is 4.39 Å². The molecule has 1 nitrogen and oxygen atoms in total. The molecule has 0 aliphatic heterocycles. The molecule has 0 spiro atoms. The molecule has 2 unspecified atom stereocenters. The minimum atomic E-state index is -0.186. The molecule has 0 aliphatic carbocycles. The minimum absolute atomic E-state index is 0.186. The van der Waals surface area contributed by atoms with Crippen LogP contribution in [0.3, 0.4) is 0 Å². The lowest BCUT2D eigenvalue weighted by atomic mass is 10.00. The maximum atomic E-state index is 12.9. The van der Waals surface area contributed by atoms with Crippen LogP contribution in [-0.4, -0.2) is 0 Å². The molecule has 0 amide bonds. The second-order valence-electron chi connectivity index (χ2n) is 5.18. The topological polar surface area (TPSA) is 12.0 Å². The first-order valence-electron chi connectivity index (χ1n) is 6.63.